The second-order valence-corrected chi connectivity index (χ2v) is 7.27. The third-order valence-electron chi connectivity index (χ3n) is 3.88. The Balaban J connectivity index is 1.87. The van der Waals surface area contributed by atoms with Crippen LogP contribution in [0.2, 0.25) is 0 Å². The molecule has 130 valence electrons. The van der Waals surface area contributed by atoms with Crippen LogP contribution in [0.25, 0.3) is 0 Å². The highest BCUT2D eigenvalue weighted by Crippen LogP contribution is 2.21. The van der Waals surface area contributed by atoms with Crippen molar-refractivity contribution in [2.75, 3.05) is 26.2 Å². The molecule has 6 nitrogen and oxygen atoms in total. The molecular formula is C18H26N4O2. The van der Waals surface area contributed by atoms with Crippen LogP contribution in [0.5, 0.6) is 0 Å². The van der Waals surface area contributed by atoms with Crippen molar-refractivity contribution in [3.63, 3.8) is 0 Å². The fourth-order valence-electron chi connectivity index (χ4n) is 2.87. The van der Waals surface area contributed by atoms with E-state index >= 15 is 0 Å². The third-order valence-corrected chi connectivity index (χ3v) is 3.88. The minimum absolute atomic E-state index is 0.246. The first kappa shape index (κ1) is 18.2. The summed E-state index contributed by atoms with van der Waals surface area (Å²) in [6, 6.07) is 6.14. The Kier molecular flexibility index (Phi) is 6.16. The third kappa shape index (κ3) is 5.82. The number of hydrogen-bond acceptors (Lipinski definition) is 5. The molecule has 2 heterocycles. The summed E-state index contributed by atoms with van der Waals surface area (Å²) in [5.41, 5.74) is 0.622. The lowest BCUT2D eigenvalue weighted by Crippen LogP contribution is -2.36. The van der Waals surface area contributed by atoms with E-state index in [2.05, 4.69) is 16.0 Å². The maximum Gasteiger partial charge on any atom is 0.410 e. The lowest BCUT2D eigenvalue weighted by Gasteiger charge is -2.25. The summed E-state index contributed by atoms with van der Waals surface area (Å²) in [7, 11) is 0. The van der Waals surface area contributed by atoms with Gasteiger partial charge in [-0.05, 0) is 44.7 Å². The number of amides is 1. The second kappa shape index (κ2) is 8.11. The topological polar surface area (TPSA) is 69.5 Å². The number of rotatable bonds is 5. The highest BCUT2D eigenvalue weighted by Gasteiger charge is 2.30. The van der Waals surface area contributed by atoms with Gasteiger partial charge in [-0.3, -0.25) is 9.88 Å². The molecule has 1 saturated heterocycles. The molecule has 1 aliphatic heterocycles. The van der Waals surface area contributed by atoms with Gasteiger partial charge in [0.15, 0.2) is 0 Å². The van der Waals surface area contributed by atoms with Crippen molar-refractivity contribution in [3.05, 3.63) is 30.1 Å². The number of pyridine rings is 1. The number of nitriles is 1. The zero-order valence-corrected chi connectivity index (χ0v) is 14.7. The molecule has 0 aromatic carbocycles. The predicted molar refractivity (Wildman–Crippen MR) is 91.0 cm³/mol. The summed E-state index contributed by atoms with van der Waals surface area (Å²) < 4.78 is 5.43. The fraction of sp³-hybridized carbons (Fsp3) is 0.611. The average Bonchev–Trinajstić information content (AvgIpc) is 2.95. The Morgan fingerprint density at radius 3 is 2.96 bits per heavy atom. The average molecular weight is 330 g/mol. The lowest BCUT2D eigenvalue weighted by atomic mass is 10.1. The summed E-state index contributed by atoms with van der Waals surface area (Å²) >= 11 is 0. The largest absolute Gasteiger partial charge is 0.444 e. The van der Waals surface area contributed by atoms with Gasteiger partial charge >= 0.3 is 6.09 Å². The van der Waals surface area contributed by atoms with E-state index in [1.165, 1.54) is 0 Å². The van der Waals surface area contributed by atoms with Gasteiger partial charge in [-0.1, -0.05) is 6.07 Å². The Bertz CT molecular complexity index is 577. The van der Waals surface area contributed by atoms with Crippen LogP contribution < -0.4 is 0 Å². The van der Waals surface area contributed by atoms with Crippen molar-refractivity contribution in [2.45, 2.75) is 39.3 Å². The van der Waals surface area contributed by atoms with Crippen LogP contribution in [0.15, 0.2) is 24.5 Å². The quantitative estimate of drug-likeness (QED) is 0.776. The summed E-state index contributed by atoms with van der Waals surface area (Å²) in [5, 5.41) is 9.06. The van der Waals surface area contributed by atoms with E-state index in [1.54, 1.807) is 11.1 Å². The molecular weight excluding hydrogens is 304 g/mol. The number of aromatic nitrogens is 1. The van der Waals surface area contributed by atoms with Gasteiger partial charge in [0, 0.05) is 38.6 Å². The van der Waals surface area contributed by atoms with Crippen molar-refractivity contribution < 1.29 is 9.53 Å². The number of carbonyl (C=O) groups excluding carboxylic acids is 1. The van der Waals surface area contributed by atoms with E-state index in [-0.39, 0.29) is 6.09 Å². The monoisotopic (exact) mass is 330 g/mol. The van der Waals surface area contributed by atoms with Crippen LogP contribution in [-0.2, 0) is 11.3 Å². The van der Waals surface area contributed by atoms with Gasteiger partial charge in [0.25, 0.3) is 0 Å². The maximum absolute atomic E-state index is 12.1. The van der Waals surface area contributed by atoms with Gasteiger partial charge < -0.3 is 9.64 Å². The van der Waals surface area contributed by atoms with Crippen molar-refractivity contribution >= 4 is 6.09 Å². The van der Waals surface area contributed by atoms with Gasteiger partial charge in [0.2, 0.25) is 0 Å². The standard InChI is InChI=1S/C18H26N4O2/c1-18(2,3)24-17(23)22-9-6-16(14-22)13-21(10-7-19)12-15-5-4-8-20-11-15/h4-5,8,11,16H,6,9-10,12-14H2,1-3H3. The van der Waals surface area contributed by atoms with Crippen LogP contribution >= 0.6 is 0 Å². The smallest absolute Gasteiger partial charge is 0.410 e. The molecule has 0 radical (unpaired) electrons. The van der Waals surface area contributed by atoms with Crippen molar-refractivity contribution in [3.8, 4) is 6.07 Å². The van der Waals surface area contributed by atoms with Gasteiger partial charge in [-0.25, -0.2) is 4.79 Å². The molecule has 1 amide bonds. The zero-order valence-electron chi connectivity index (χ0n) is 14.7. The Hall–Kier alpha value is -2.13. The first-order valence-electron chi connectivity index (χ1n) is 8.33. The molecule has 2 rings (SSSR count). The SMILES string of the molecule is CC(C)(C)OC(=O)N1CCC(CN(CC#N)Cc2cccnc2)C1. The fourth-order valence-corrected chi connectivity index (χ4v) is 2.87. The van der Waals surface area contributed by atoms with Crippen molar-refractivity contribution in [1.29, 1.82) is 5.26 Å². The van der Waals surface area contributed by atoms with E-state index in [0.29, 0.717) is 32.1 Å². The van der Waals surface area contributed by atoms with Crippen molar-refractivity contribution in [1.82, 2.24) is 14.8 Å². The minimum atomic E-state index is -0.470. The normalized spacial score (nSPS) is 17.8. The second-order valence-electron chi connectivity index (χ2n) is 7.27. The molecule has 1 aliphatic rings. The predicted octanol–water partition coefficient (Wildman–Crippen LogP) is 2.66. The number of likely N-dealkylation sites (tertiary alicyclic amines) is 1. The minimum Gasteiger partial charge on any atom is -0.444 e. The van der Waals surface area contributed by atoms with Crippen LogP contribution in [0, 0.1) is 17.2 Å². The van der Waals surface area contributed by atoms with E-state index in [0.717, 1.165) is 18.5 Å². The molecule has 0 aliphatic carbocycles. The molecule has 0 saturated carbocycles. The van der Waals surface area contributed by atoms with Crippen LogP contribution in [0.1, 0.15) is 32.8 Å². The summed E-state index contributed by atoms with van der Waals surface area (Å²) in [4.78, 5) is 20.1. The molecule has 1 aromatic heterocycles. The molecule has 1 aromatic rings. The Labute approximate surface area is 144 Å². The van der Waals surface area contributed by atoms with Crippen molar-refractivity contribution in [2.24, 2.45) is 5.92 Å². The zero-order chi connectivity index (χ0) is 17.6. The number of carbonyl (C=O) groups is 1. The molecule has 0 bridgehead atoms. The molecule has 24 heavy (non-hydrogen) atoms. The first-order valence-corrected chi connectivity index (χ1v) is 8.33. The van der Waals surface area contributed by atoms with E-state index < -0.39 is 5.60 Å². The van der Waals surface area contributed by atoms with Gasteiger partial charge in [-0.15, -0.1) is 0 Å². The molecule has 0 spiro atoms. The first-order chi connectivity index (χ1) is 11.4. The number of nitrogens with zero attached hydrogens (tertiary/aromatic N) is 4. The highest BCUT2D eigenvalue weighted by atomic mass is 16.6. The van der Waals surface area contributed by atoms with Crippen LogP contribution in [0.4, 0.5) is 4.79 Å². The lowest BCUT2D eigenvalue weighted by molar-refractivity contribution is 0.0285. The Morgan fingerprint density at radius 2 is 2.33 bits per heavy atom. The summed E-state index contributed by atoms with van der Waals surface area (Å²) in [6.07, 6.45) is 4.26. The Morgan fingerprint density at radius 1 is 1.54 bits per heavy atom. The van der Waals surface area contributed by atoms with Crippen LogP contribution in [0.3, 0.4) is 0 Å². The van der Waals surface area contributed by atoms with E-state index in [4.69, 9.17) is 10.00 Å². The molecule has 1 unspecified atom stereocenters. The van der Waals surface area contributed by atoms with E-state index in [1.807, 2.05) is 39.1 Å². The highest BCUT2D eigenvalue weighted by molar-refractivity contribution is 5.68. The summed E-state index contributed by atoms with van der Waals surface area (Å²) in [5.74, 6) is 0.363. The maximum atomic E-state index is 12.1. The molecule has 1 atom stereocenters. The molecule has 6 heteroatoms. The van der Waals surface area contributed by atoms with Gasteiger partial charge in [0.05, 0.1) is 12.6 Å². The van der Waals surface area contributed by atoms with Gasteiger partial charge in [-0.2, -0.15) is 5.26 Å². The van der Waals surface area contributed by atoms with Gasteiger partial charge in [0.1, 0.15) is 5.60 Å². The van der Waals surface area contributed by atoms with E-state index in [9.17, 15) is 4.79 Å². The number of hydrogen-bond donors (Lipinski definition) is 0. The molecule has 0 N–H and O–H groups in total. The molecule has 1 fully saturated rings. The van der Waals surface area contributed by atoms with Crippen LogP contribution in [-0.4, -0.2) is 52.7 Å². The summed E-state index contributed by atoms with van der Waals surface area (Å²) in [6.45, 7) is 8.89. The number of ether oxygens (including phenoxy) is 1.